The van der Waals surface area contributed by atoms with Crippen molar-refractivity contribution in [3.05, 3.63) is 57.3 Å². The molecule has 3 heteroatoms. The van der Waals surface area contributed by atoms with Crippen LogP contribution in [0.25, 0.3) is 0 Å². The fourth-order valence-corrected chi connectivity index (χ4v) is 2.44. The molecule has 0 amide bonds. The summed E-state index contributed by atoms with van der Waals surface area (Å²) >= 11 is 1.69. The molecule has 0 fully saturated rings. The molecule has 0 unspecified atom stereocenters. The summed E-state index contributed by atoms with van der Waals surface area (Å²) < 4.78 is 0. The summed E-state index contributed by atoms with van der Waals surface area (Å²) in [6, 6.07) is 8.42. The average molecular weight is 254 g/mol. The average Bonchev–Trinajstić information content (AvgIpc) is 2.74. The van der Waals surface area contributed by atoms with Gasteiger partial charge in [-0.25, -0.2) is 0 Å². The first-order chi connectivity index (χ1) is 7.20. The van der Waals surface area contributed by atoms with Crippen LogP contribution >= 0.6 is 23.7 Å². The monoisotopic (exact) mass is 253 g/mol. The molecule has 1 heterocycles. The zero-order chi connectivity index (χ0) is 10.8. The standard InChI is InChI=1S/C13H15NS.ClH/c1-9-4-3-5-12(10(9)2)13(14)11-6-7-15-8-11;/h3-8,13H,14H2,1-2H3;1H/t13-;/m1./s1. The van der Waals surface area contributed by atoms with Gasteiger partial charge in [0.2, 0.25) is 0 Å². The second-order valence-corrected chi connectivity index (χ2v) is 4.60. The summed E-state index contributed by atoms with van der Waals surface area (Å²) in [6.07, 6.45) is 0. The topological polar surface area (TPSA) is 26.0 Å². The molecule has 0 saturated carbocycles. The molecule has 0 radical (unpaired) electrons. The SMILES string of the molecule is Cc1cccc([C@H](N)c2ccsc2)c1C.Cl. The number of aryl methyl sites for hydroxylation is 1. The van der Waals surface area contributed by atoms with Gasteiger partial charge in [0.1, 0.15) is 0 Å². The molecule has 16 heavy (non-hydrogen) atoms. The third-order valence-corrected chi connectivity index (χ3v) is 3.59. The van der Waals surface area contributed by atoms with Crippen molar-refractivity contribution < 1.29 is 0 Å². The molecule has 1 aromatic carbocycles. The Morgan fingerprint density at radius 2 is 1.94 bits per heavy atom. The summed E-state index contributed by atoms with van der Waals surface area (Å²) in [5.74, 6) is 0. The third-order valence-electron chi connectivity index (χ3n) is 2.88. The van der Waals surface area contributed by atoms with E-state index in [1.165, 1.54) is 22.3 Å². The normalized spacial score (nSPS) is 11.9. The summed E-state index contributed by atoms with van der Waals surface area (Å²) in [7, 11) is 0. The molecular formula is C13H16ClNS. The van der Waals surface area contributed by atoms with Gasteiger partial charge in [-0.2, -0.15) is 11.3 Å². The Kier molecular flexibility index (Phi) is 4.54. The molecule has 1 atom stereocenters. The molecule has 86 valence electrons. The number of hydrogen-bond acceptors (Lipinski definition) is 2. The van der Waals surface area contributed by atoms with Crippen molar-refractivity contribution in [2.45, 2.75) is 19.9 Å². The maximum atomic E-state index is 6.24. The molecule has 0 aliphatic rings. The van der Waals surface area contributed by atoms with E-state index in [9.17, 15) is 0 Å². The van der Waals surface area contributed by atoms with Gasteiger partial charge in [-0.3, -0.25) is 0 Å². The second-order valence-electron chi connectivity index (χ2n) is 3.82. The molecular weight excluding hydrogens is 238 g/mol. The molecule has 0 spiro atoms. The van der Waals surface area contributed by atoms with Crippen LogP contribution in [0.2, 0.25) is 0 Å². The molecule has 1 aromatic heterocycles. The van der Waals surface area contributed by atoms with E-state index in [-0.39, 0.29) is 18.4 Å². The Bertz CT molecular complexity index is 451. The minimum atomic E-state index is 0. The molecule has 2 N–H and O–H groups in total. The van der Waals surface area contributed by atoms with Gasteiger partial charge in [-0.15, -0.1) is 12.4 Å². The Hall–Kier alpha value is -0.830. The molecule has 0 aliphatic carbocycles. The summed E-state index contributed by atoms with van der Waals surface area (Å²) in [5, 5.41) is 4.19. The Balaban J connectivity index is 0.00000128. The Morgan fingerprint density at radius 1 is 1.19 bits per heavy atom. The Labute approximate surface area is 107 Å². The van der Waals surface area contributed by atoms with Gasteiger partial charge in [0, 0.05) is 0 Å². The van der Waals surface area contributed by atoms with E-state index in [1.54, 1.807) is 11.3 Å². The van der Waals surface area contributed by atoms with Crippen LogP contribution in [0, 0.1) is 13.8 Å². The van der Waals surface area contributed by atoms with E-state index < -0.39 is 0 Å². The quantitative estimate of drug-likeness (QED) is 0.865. The van der Waals surface area contributed by atoms with Crippen molar-refractivity contribution in [3.63, 3.8) is 0 Å². The van der Waals surface area contributed by atoms with Gasteiger partial charge in [-0.1, -0.05) is 18.2 Å². The van der Waals surface area contributed by atoms with Crippen LogP contribution in [-0.2, 0) is 0 Å². The van der Waals surface area contributed by atoms with Crippen molar-refractivity contribution in [3.8, 4) is 0 Å². The van der Waals surface area contributed by atoms with Crippen molar-refractivity contribution in [2.24, 2.45) is 5.73 Å². The lowest BCUT2D eigenvalue weighted by atomic mass is 9.95. The van der Waals surface area contributed by atoms with Gasteiger partial charge in [0.25, 0.3) is 0 Å². The molecule has 1 nitrogen and oxygen atoms in total. The lowest BCUT2D eigenvalue weighted by Crippen LogP contribution is -2.12. The minimum Gasteiger partial charge on any atom is -0.320 e. The van der Waals surface area contributed by atoms with E-state index in [4.69, 9.17) is 5.73 Å². The molecule has 0 bridgehead atoms. The smallest absolute Gasteiger partial charge is 0.0562 e. The predicted octanol–water partition coefficient (Wildman–Crippen LogP) is 3.83. The Morgan fingerprint density at radius 3 is 2.56 bits per heavy atom. The molecule has 2 aromatic rings. The lowest BCUT2D eigenvalue weighted by molar-refractivity contribution is 0.864. The fourth-order valence-electron chi connectivity index (χ4n) is 1.74. The fraction of sp³-hybridized carbons (Fsp3) is 0.231. The van der Waals surface area contributed by atoms with Crippen LogP contribution in [0.4, 0.5) is 0 Å². The first kappa shape index (κ1) is 13.2. The maximum absolute atomic E-state index is 6.24. The number of rotatable bonds is 2. The number of nitrogens with two attached hydrogens (primary N) is 1. The number of hydrogen-bond donors (Lipinski definition) is 1. The highest BCUT2D eigenvalue weighted by molar-refractivity contribution is 7.08. The number of benzene rings is 1. The number of thiophene rings is 1. The largest absolute Gasteiger partial charge is 0.320 e. The summed E-state index contributed by atoms with van der Waals surface area (Å²) in [6.45, 7) is 4.26. The van der Waals surface area contributed by atoms with E-state index in [0.717, 1.165) is 0 Å². The van der Waals surface area contributed by atoms with Crippen molar-refractivity contribution >= 4 is 23.7 Å². The van der Waals surface area contributed by atoms with Gasteiger partial charge < -0.3 is 5.73 Å². The predicted molar refractivity (Wildman–Crippen MR) is 73.5 cm³/mol. The third kappa shape index (κ3) is 2.46. The lowest BCUT2D eigenvalue weighted by Gasteiger charge is -2.15. The van der Waals surface area contributed by atoms with E-state index >= 15 is 0 Å². The highest BCUT2D eigenvalue weighted by atomic mass is 35.5. The van der Waals surface area contributed by atoms with Crippen molar-refractivity contribution in [2.75, 3.05) is 0 Å². The zero-order valence-corrected chi connectivity index (χ0v) is 11.1. The first-order valence-electron chi connectivity index (χ1n) is 5.04. The maximum Gasteiger partial charge on any atom is 0.0562 e. The molecule has 0 aliphatic heterocycles. The van der Waals surface area contributed by atoms with Crippen LogP contribution in [-0.4, -0.2) is 0 Å². The van der Waals surface area contributed by atoms with E-state index in [1.807, 2.05) is 0 Å². The second kappa shape index (κ2) is 5.48. The zero-order valence-electron chi connectivity index (χ0n) is 9.44. The van der Waals surface area contributed by atoms with Crippen LogP contribution in [0.1, 0.15) is 28.3 Å². The summed E-state index contributed by atoms with van der Waals surface area (Å²) in [5.41, 5.74) is 11.3. The first-order valence-corrected chi connectivity index (χ1v) is 5.98. The van der Waals surface area contributed by atoms with Crippen LogP contribution in [0.5, 0.6) is 0 Å². The van der Waals surface area contributed by atoms with Crippen molar-refractivity contribution in [1.29, 1.82) is 0 Å². The molecule has 2 rings (SSSR count). The van der Waals surface area contributed by atoms with Crippen LogP contribution in [0.15, 0.2) is 35.0 Å². The van der Waals surface area contributed by atoms with Crippen molar-refractivity contribution in [1.82, 2.24) is 0 Å². The molecule has 0 saturated heterocycles. The van der Waals surface area contributed by atoms with Gasteiger partial charge >= 0.3 is 0 Å². The summed E-state index contributed by atoms with van der Waals surface area (Å²) in [4.78, 5) is 0. The van der Waals surface area contributed by atoms with E-state index in [0.29, 0.717) is 0 Å². The van der Waals surface area contributed by atoms with Crippen LogP contribution < -0.4 is 5.73 Å². The van der Waals surface area contributed by atoms with Crippen LogP contribution in [0.3, 0.4) is 0 Å². The highest BCUT2D eigenvalue weighted by Gasteiger charge is 2.12. The van der Waals surface area contributed by atoms with E-state index in [2.05, 4.69) is 48.9 Å². The highest BCUT2D eigenvalue weighted by Crippen LogP contribution is 2.25. The minimum absolute atomic E-state index is 0. The van der Waals surface area contributed by atoms with Gasteiger partial charge in [-0.05, 0) is 52.9 Å². The number of halogens is 1. The van der Waals surface area contributed by atoms with Gasteiger partial charge in [0.05, 0.1) is 6.04 Å². The van der Waals surface area contributed by atoms with Gasteiger partial charge in [0.15, 0.2) is 0 Å².